The van der Waals surface area contributed by atoms with Gasteiger partial charge in [0.15, 0.2) is 0 Å². The first kappa shape index (κ1) is 11.7. The fourth-order valence-electron chi connectivity index (χ4n) is 1.87. The molecule has 1 aliphatic carbocycles. The lowest BCUT2D eigenvalue weighted by Gasteiger charge is -2.27. The van der Waals surface area contributed by atoms with E-state index in [1.165, 1.54) is 0 Å². The minimum absolute atomic E-state index is 0.0115. The average Bonchev–Trinajstić information content (AvgIpc) is 2.33. The van der Waals surface area contributed by atoms with Gasteiger partial charge >= 0.3 is 11.7 Å². The Labute approximate surface area is 98.2 Å². The van der Waals surface area contributed by atoms with Gasteiger partial charge in [-0.2, -0.15) is 9.97 Å². The number of hydrogen-bond acceptors (Lipinski definition) is 6. The van der Waals surface area contributed by atoms with Crippen LogP contribution in [0.1, 0.15) is 25.7 Å². The summed E-state index contributed by atoms with van der Waals surface area (Å²) in [6.07, 6.45) is 6.17. The summed E-state index contributed by atoms with van der Waals surface area (Å²) in [5.41, 5.74) is 5.77. The summed E-state index contributed by atoms with van der Waals surface area (Å²) in [4.78, 5) is 17.5. The number of hydrogen-bond donors (Lipinski definition) is 1. The van der Waals surface area contributed by atoms with Crippen molar-refractivity contribution in [2.75, 3.05) is 0 Å². The monoisotopic (exact) mass is 238 g/mol. The first-order valence-electron chi connectivity index (χ1n) is 5.55. The van der Waals surface area contributed by atoms with Gasteiger partial charge in [0.25, 0.3) is 0 Å². The van der Waals surface area contributed by atoms with E-state index in [0.29, 0.717) is 0 Å². The number of nitro groups is 1. The molecule has 2 N–H and O–H groups in total. The van der Waals surface area contributed by atoms with Crippen molar-refractivity contribution in [1.82, 2.24) is 9.97 Å². The van der Waals surface area contributed by atoms with Crippen LogP contribution in [0.25, 0.3) is 0 Å². The SMILES string of the molecule is NC1CCCCC1Oc1ncc([N+](=O)[O-])cn1. The van der Waals surface area contributed by atoms with Gasteiger partial charge in [-0.15, -0.1) is 0 Å². The molecule has 17 heavy (non-hydrogen) atoms. The Kier molecular flexibility index (Phi) is 3.48. The van der Waals surface area contributed by atoms with Gasteiger partial charge in [0.2, 0.25) is 0 Å². The van der Waals surface area contributed by atoms with Crippen molar-refractivity contribution in [3.63, 3.8) is 0 Å². The smallest absolute Gasteiger partial charge is 0.317 e. The van der Waals surface area contributed by atoms with Crippen LogP contribution < -0.4 is 10.5 Å². The second-order valence-corrected chi connectivity index (χ2v) is 4.09. The predicted octanol–water partition coefficient (Wildman–Crippen LogP) is 1.03. The van der Waals surface area contributed by atoms with Gasteiger partial charge in [0, 0.05) is 6.04 Å². The third-order valence-electron chi connectivity index (χ3n) is 2.84. The lowest BCUT2D eigenvalue weighted by atomic mass is 9.93. The van der Waals surface area contributed by atoms with Gasteiger partial charge in [-0.1, -0.05) is 6.42 Å². The number of rotatable bonds is 3. The van der Waals surface area contributed by atoms with Crippen molar-refractivity contribution in [1.29, 1.82) is 0 Å². The van der Waals surface area contributed by atoms with Gasteiger partial charge < -0.3 is 10.5 Å². The summed E-state index contributed by atoms with van der Waals surface area (Å²) >= 11 is 0. The summed E-state index contributed by atoms with van der Waals surface area (Å²) in [6.45, 7) is 0. The summed E-state index contributed by atoms with van der Waals surface area (Å²) in [6, 6.07) is 0.139. The van der Waals surface area contributed by atoms with Crippen LogP contribution in [-0.4, -0.2) is 27.0 Å². The Bertz CT molecular complexity index is 395. The zero-order chi connectivity index (χ0) is 12.3. The Hall–Kier alpha value is -1.76. The van der Waals surface area contributed by atoms with Crippen molar-refractivity contribution < 1.29 is 9.66 Å². The minimum Gasteiger partial charge on any atom is -0.458 e. The van der Waals surface area contributed by atoms with E-state index in [1.807, 2.05) is 0 Å². The van der Waals surface area contributed by atoms with E-state index in [-0.39, 0.29) is 23.8 Å². The fraction of sp³-hybridized carbons (Fsp3) is 0.600. The summed E-state index contributed by atoms with van der Waals surface area (Å²) in [7, 11) is 0. The van der Waals surface area contributed by atoms with E-state index in [2.05, 4.69) is 9.97 Å². The average molecular weight is 238 g/mol. The van der Waals surface area contributed by atoms with E-state index >= 15 is 0 Å². The standard InChI is InChI=1S/C10H14N4O3/c11-8-3-1-2-4-9(8)17-10-12-5-7(6-13-10)14(15)16/h5-6,8-9H,1-4,11H2. The summed E-state index contributed by atoms with van der Waals surface area (Å²) in [5.74, 6) is 0. The molecule has 1 aromatic rings. The molecule has 0 amide bonds. The molecular weight excluding hydrogens is 224 g/mol. The topological polar surface area (TPSA) is 104 Å². The number of ether oxygens (including phenoxy) is 1. The van der Waals surface area contributed by atoms with Gasteiger partial charge in [-0.25, -0.2) is 0 Å². The Morgan fingerprint density at radius 1 is 1.35 bits per heavy atom. The van der Waals surface area contributed by atoms with Gasteiger partial charge in [-0.3, -0.25) is 10.1 Å². The highest BCUT2D eigenvalue weighted by molar-refractivity contribution is 5.22. The molecular formula is C10H14N4O3. The molecule has 7 nitrogen and oxygen atoms in total. The molecule has 0 radical (unpaired) electrons. The van der Waals surface area contributed by atoms with Crippen molar-refractivity contribution in [2.24, 2.45) is 5.73 Å². The molecule has 0 aliphatic heterocycles. The van der Waals surface area contributed by atoms with Crippen LogP contribution in [0.2, 0.25) is 0 Å². The van der Waals surface area contributed by atoms with Crippen LogP contribution in [0, 0.1) is 10.1 Å². The molecule has 92 valence electrons. The van der Waals surface area contributed by atoms with Crippen molar-refractivity contribution in [3.8, 4) is 6.01 Å². The van der Waals surface area contributed by atoms with Crippen molar-refractivity contribution in [3.05, 3.63) is 22.5 Å². The van der Waals surface area contributed by atoms with E-state index < -0.39 is 4.92 Å². The Morgan fingerprint density at radius 3 is 2.59 bits per heavy atom. The van der Waals surface area contributed by atoms with Gasteiger partial charge in [0.05, 0.1) is 4.92 Å². The van der Waals surface area contributed by atoms with Gasteiger partial charge in [0.1, 0.15) is 18.5 Å². The molecule has 1 aliphatic rings. The largest absolute Gasteiger partial charge is 0.458 e. The molecule has 7 heteroatoms. The maximum absolute atomic E-state index is 10.4. The Balaban J connectivity index is 2.00. The highest BCUT2D eigenvalue weighted by Crippen LogP contribution is 2.21. The summed E-state index contributed by atoms with van der Waals surface area (Å²) in [5, 5.41) is 10.4. The summed E-state index contributed by atoms with van der Waals surface area (Å²) < 4.78 is 5.53. The van der Waals surface area contributed by atoms with Gasteiger partial charge in [-0.05, 0) is 19.3 Å². The third-order valence-corrected chi connectivity index (χ3v) is 2.84. The van der Waals surface area contributed by atoms with Crippen LogP contribution in [0.4, 0.5) is 5.69 Å². The minimum atomic E-state index is -0.546. The van der Waals surface area contributed by atoms with Crippen molar-refractivity contribution >= 4 is 5.69 Å². The molecule has 2 atom stereocenters. The van der Waals surface area contributed by atoms with E-state index in [0.717, 1.165) is 38.1 Å². The molecule has 2 unspecified atom stereocenters. The Morgan fingerprint density at radius 2 is 2.00 bits per heavy atom. The first-order valence-corrected chi connectivity index (χ1v) is 5.55. The normalized spacial score (nSPS) is 24.3. The predicted molar refractivity (Wildman–Crippen MR) is 59.5 cm³/mol. The lowest BCUT2D eigenvalue weighted by molar-refractivity contribution is -0.385. The molecule has 0 aromatic carbocycles. The highest BCUT2D eigenvalue weighted by Gasteiger charge is 2.24. The van der Waals surface area contributed by atoms with Crippen LogP contribution >= 0.6 is 0 Å². The molecule has 1 aromatic heterocycles. The van der Waals surface area contributed by atoms with Crippen LogP contribution in [0.3, 0.4) is 0 Å². The third kappa shape index (κ3) is 2.88. The molecule has 0 spiro atoms. The molecule has 2 rings (SSSR count). The molecule has 1 saturated carbocycles. The molecule has 0 saturated heterocycles. The molecule has 1 fully saturated rings. The number of nitrogens with two attached hydrogens (primary N) is 1. The zero-order valence-electron chi connectivity index (χ0n) is 9.28. The zero-order valence-corrected chi connectivity index (χ0v) is 9.28. The molecule has 1 heterocycles. The maximum atomic E-state index is 10.4. The van der Waals surface area contributed by atoms with Crippen LogP contribution in [0.15, 0.2) is 12.4 Å². The number of nitrogens with zero attached hydrogens (tertiary/aromatic N) is 3. The second kappa shape index (κ2) is 5.05. The first-order chi connectivity index (χ1) is 8.16. The lowest BCUT2D eigenvalue weighted by Crippen LogP contribution is -2.41. The van der Waals surface area contributed by atoms with Crippen molar-refractivity contribution in [2.45, 2.75) is 37.8 Å². The maximum Gasteiger partial charge on any atom is 0.317 e. The van der Waals surface area contributed by atoms with E-state index in [4.69, 9.17) is 10.5 Å². The highest BCUT2D eigenvalue weighted by atomic mass is 16.6. The van der Waals surface area contributed by atoms with E-state index in [9.17, 15) is 10.1 Å². The molecule has 0 bridgehead atoms. The van der Waals surface area contributed by atoms with Crippen LogP contribution in [-0.2, 0) is 0 Å². The quantitative estimate of drug-likeness (QED) is 0.623. The van der Waals surface area contributed by atoms with E-state index in [1.54, 1.807) is 0 Å². The van der Waals surface area contributed by atoms with Crippen LogP contribution in [0.5, 0.6) is 6.01 Å². The fourth-order valence-corrected chi connectivity index (χ4v) is 1.87. The number of aromatic nitrogens is 2. The second-order valence-electron chi connectivity index (χ2n) is 4.09.